The van der Waals surface area contributed by atoms with Crippen molar-refractivity contribution in [2.45, 2.75) is 45.1 Å². The molecule has 0 aliphatic rings. The maximum Gasteiger partial charge on any atom is 0.435 e. The van der Waals surface area contributed by atoms with Crippen LogP contribution in [0.4, 0.5) is 51.1 Å². The highest BCUT2D eigenvalue weighted by Gasteiger charge is 2.44. The fourth-order valence-corrected chi connectivity index (χ4v) is 4.22. The van der Waals surface area contributed by atoms with Gasteiger partial charge in [-0.3, -0.25) is 14.3 Å². The van der Waals surface area contributed by atoms with Gasteiger partial charge in [0.2, 0.25) is 12.2 Å². The number of hydrogen-bond donors (Lipinski definition) is 0. The first kappa shape index (κ1) is 32.7. The van der Waals surface area contributed by atoms with Crippen molar-refractivity contribution in [3.05, 3.63) is 48.8 Å². The molecule has 0 saturated heterocycles. The second-order valence-corrected chi connectivity index (χ2v) is 9.39. The van der Waals surface area contributed by atoms with E-state index in [1.165, 1.54) is 13.8 Å². The Balaban J connectivity index is 3.24. The van der Waals surface area contributed by atoms with Gasteiger partial charge in [0.1, 0.15) is 5.02 Å². The van der Waals surface area contributed by atoms with E-state index in [4.69, 9.17) is 16.3 Å². The number of rotatable bonds is 7. The van der Waals surface area contributed by atoms with Crippen molar-refractivity contribution >= 4 is 45.1 Å². The number of carbonyl (C=O) groups is 1. The number of anilines is 2. The summed E-state index contributed by atoms with van der Waals surface area (Å²) in [5, 5.41) is -1.42. The monoisotopic (exact) mass is 661 g/mol. The molecule has 18 heteroatoms. The topological polar surface area (TPSA) is 73.7 Å². The van der Waals surface area contributed by atoms with Crippen molar-refractivity contribution in [3.8, 4) is 0 Å². The van der Waals surface area contributed by atoms with E-state index in [9.17, 15) is 49.1 Å². The number of methoxy groups -OCH3 is 2. The van der Waals surface area contributed by atoms with E-state index in [1.54, 1.807) is 0 Å². The van der Waals surface area contributed by atoms with Crippen molar-refractivity contribution in [1.29, 1.82) is 0 Å². The van der Waals surface area contributed by atoms with E-state index < -0.39 is 86.7 Å². The first-order chi connectivity index (χ1) is 17.7. The number of hydrogen-bond acceptors (Lipinski definition) is 6. The first-order valence-electron chi connectivity index (χ1n) is 10.4. The lowest BCUT2D eigenvalue weighted by atomic mass is 10.1. The molecule has 2 rings (SSSR count). The molecule has 1 aromatic heterocycles. The molecule has 2 aromatic rings. The van der Waals surface area contributed by atoms with E-state index in [0.717, 1.165) is 14.2 Å². The van der Waals surface area contributed by atoms with Crippen LogP contribution in [0.2, 0.25) is 5.02 Å². The molecule has 0 spiro atoms. The number of ether oxygens (including phenoxy) is 2. The van der Waals surface area contributed by atoms with Crippen LogP contribution < -0.4 is 10.5 Å². The minimum atomic E-state index is -5.42. The summed E-state index contributed by atoms with van der Waals surface area (Å²) in [4.78, 5) is 29.0. The van der Waals surface area contributed by atoms with Gasteiger partial charge >= 0.3 is 24.5 Å². The average molecular weight is 663 g/mol. The molecule has 7 nitrogen and oxygen atoms in total. The lowest BCUT2D eigenvalue weighted by Crippen LogP contribution is -2.45. The summed E-state index contributed by atoms with van der Waals surface area (Å²) in [6, 6.07) is -0.134. The van der Waals surface area contributed by atoms with Gasteiger partial charge in [-0.2, -0.15) is 39.5 Å². The fourth-order valence-electron chi connectivity index (χ4n) is 3.32. The van der Waals surface area contributed by atoms with Gasteiger partial charge < -0.3 is 9.47 Å². The Hall–Kier alpha value is -2.53. The molecule has 1 atom stereocenters. The number of benzene rings is 1. The quantitative estimate of drug-likeness (QED) is 0.188. The molecule has 0 fully saturated rings. The van der Waals surface area contributed by atoms with E-state index in [-0.39, 0.29) is 17.0 Å². The summed E-state index contributed by atoms with van der Waals surface area (Å²) in [5.74, 6) is -3.22. The largest absolute Gasteiger partial charge is 0.466 e. The van der Waals surface area contributed by atoms with Gasteiger partial charge in [0, 0.05) is 13.7 Å². The predicted molar refractivity (Wildman–Crippen MR) is 122 cm³/mol. The zero-order valence-corrected chi connectivity index (χ0v) is 22.5. The van der Waals surface area contributed by atoms with Crippen LogP contribution in [0.5, 0.6) is 0 Å². The van der Waals surface area contributed by atoms with Crippen LogP contribution in [-0.2, 0) is 39.3 Å². The number of esters is 1. The molecule has 1 unspecified atom stereocenters. The third-order valence-corrected chi connectivity index (χ3v) is 6.11. The summed E-state index contributed by atoms with van der Waals surface area (Å²) in [7, 11) is 1.54. The predicted octanol–water partition coefficient (Wildman–Crippen LogP) is 6.66. The Kier molecular flexibility index (Phi) is 9.66. The summed E-state index contributed by atoms with van der Waals surface area (Å²) < 4.78 is 132. The van der Waals surface area contributed by atoms with Crippen molar-refractivity contribution in [3.63, 3.8) is 0 Å². The molecular weight excluding hydrogens is 645 g/mol. The SMILES string of the molecule is COC(=O)C(OC)N(c1cc(C(F)(F)F)cc(C(F)(F)F)c1Br)c1nc(C(F)(F)F)c(Cl)c(=O)n1CC(C)C. The summed E-state index contributed by atoms with van der Waals surface area (Å²) in [6.45, 7) is 2.50. The Morgan fingerprint density at radius 1 is 1.05 bits per heavy atom. The average Bonchev–Trinajstić information content (AvgIpc) is 2.78. The van der Waals surface area contributed by atoms with Gasteiger partial charge in [-0.05, 0) is 34.0 Å². The number of halogens is 11. The van der Waals surface area contributed by atoms with Crippen LogP contribution in [-0.4, -0.2) is 36.0 Å². The van der Waals surface area contributed by atoms with Crippen LogP contribution in [0.3, 0.4) is 0 Å². The molecule has 1 heterocycles. The molecule has 0 amide bonds. The molecule has 218 valence electrons. The van der Waals surface area contributed by atoms with E-state index in [1.807, 2.05) is 0 Å². The molecular formula is C21H18BrClF9N3O4. The van der Waals surface area contributed by atoms with Gasteiger partial charge in [-0.25, -0.2) is 9.78 Å². The highest BCUT2D eigenvalue weighted by atomic mass is 79.9. The smallest absolute Gasteiger partial charge is 0.435 e. The third-order valence-electron chi connectivity index (χ3n) is 4.93. The second-order valence-electron chi connectivity index (χ2n) is 8.22. The van der Waals surface area contributed by atoms with Crippen molar-refractivity contribution < 1.29 is 53.8 Å². The summed E-state index contributed by atoms with van der Waals surface area (Å²) in [6.07, 6.45) is -18.5. The van der Waals surface area contributed by atoms with Crippen LogP contribution in [0.1, 0.15) is 30.7 Å². The molecule has 0 radical (unpaired) electrons. The van der Waals surface area contributed by atoms with Gasteiger partial charge in [-0.15, -0.1) is 0 Å². The number of nitrogens with zero attached hydrogens (tertiary/aromatic N) is 3. The maximum absolute atomic E-state index is 13.8. The Labute approximate surface area is 227 Å². The first-order valence-corrected chi connectivity index (χ1v) is 11.6. The Morgan fingerprint density at radius 3 is 2.03 bits per heavy atom. The highest BCUT2D eigenvalue weighted by molar-refractivity contribution is 9.10. The van der Waals surface area contributed by atoms with Gasteiger partial charge in [0.05, 0.1) is 28.4 Å². The van der Waals surface area contributed by atoms with E-state index in [2.05, 4.69) is 25.7 Å². The summed E-state index contributed by atoms with van der Waals surface area (Å²) in [5.41, 5.74) is -8.51. The molecule has 1 aromatic carbocycles. The fraction of sp³-hybridized carbons (Fsp3) is 0.476. The highest BCUT2D eigenvalue weighted by Crippen LogP contribution is 2.46. The van der Waals surface area contributed by atoms with Crippen LogP contribution in [0.25, 0.3) is 0 Å². The number of alkyl halides is 9. The third kappa shape index (κ3) is 6.98. The zero-order valence-electron chi connectivity index (χ0n) is 20.1. The van der Waals surface area contributed by atoms with Crippen molar-refractivity contribution in [1.82, 2.24) is 9.55 Å². The normalized spacial score (nSPS) is 13.5. The van der Waals surface area contributed by atoms with E-state index in [0.29, 0.717) is 4.57 Å². The van der Waals surface area contributed by atoms with Gasteiger partial charge in [0.15, 0.2) is 5.69 Å². The zero-order chi connectivity index (χ0) is 30.2. The Morgan fingerprint density at radius 2 is 1.62 bits per heavy atom. The summed E-state index contributed by atoms with van der Waals surface area (Å²) >= 11 is 8.18. The van der Waals surface area contributed by atoms with Crippen LogP contribution in [0.15, 0.2) is 21.4 Å². The van der Waals surface area contributed by atoms with Gasteiger partial charge in [-0.1, -0.05) is 25.4 Å². The number of carbonyl (C=O) groups excluding carboxylic acids is 1. The Bertz CT molecular complexity index is 1290. The van der Waals surface area contributed by atoms with Crippen molar-refractivity contribution in [2.75, 3.05) is 19.1 Å². The lowest BCUT2D eigenvalue weighted by Gasteiger charge is -2.33. The van der Waals surface area contributed by atoms with Crippen LogP contribution in [0, 0.1) is 5.92 Å². The minimum Gasteiger partial charge on any atom is -0.466 e. The molecule has 0 aliphatic carbocycles. The van der Waals surface area contributed by atoms with Crippen molar-refractivity contribution in [2.24, 2.45) is 5.92 Å². The number of aromatic nitrogens is 2. The standard InChI is InChI=1S/C21H18BrClF9N3O4/c1-8(2)7-34-15(36)13(23)14(21(30,31)32)33-18(34)35(16(38-3)17(37)39-4)11-6-9(19(24,25)26)5-10(12(11)22)20(27,28)29/h5-6,8,16H,7H2,1-4H3. The minimum absolute atomic E-state index is 0.113. The van der Waals surface area contributed by atoms with Gasteiger partial charge in [0.25, 0.3) is 5.56 Å². The molecule has 0 aliphatic heterocycles. The van der Waals surface area contributed by atoms with E-state index >= 15 is 0 Å². The molecule has 39 heavy (non-hydrogen) atoms. The molecule has 0 saturated carbocycles. The molecule has 0 N–H and O–H groups in total. The maximum atomic E-state index is 13.8. The second kappa shape index (κ2) is 11.5. The van der Waals surface area contributed by atoms with Crippen LogP contribution >= 0.6 is 27.5 Å². The molecule has 0 bridgehead atoms. The lowest BCUT2D eigenvalue weighted by molar-refractivity contribution is -0.151.